The predicted octanol–water partition coefficient (Wildman–Crippen LogP) is 4.07. The van der Waals surface area contributed by atoms with E-state index in [1.165, 1.54) is 15.7 Å². The first-order chi connectivity index (χ1) is 17.9. The Hall–Kier alpha value is -3.89. The topological polar surface area (TPSA) is 82.8 Å². The number of aromatic nitrogens is 1. The number of nitrogens with zero attached hydrogens (tertiary/aromatic N) is 2. The van der Waals surface area contributed by atoms with E-state index in [1.807, 2.05) is 54.6 Å². The van der Waals surface area contributed by atoms with Crippen molar-refractivity contribution in [3.8, 4) is 11.8 Å². The van der Waals surface area contributed by atoms with Crippen molar-refractivity contribution in [1.82, 2.24) is 9.47 Å². The molecule has 3 aromatic carbocycles. The molecule has 7 heteroatoms. The third-order valence-electron chi connectivity index (χ3n) is 6.68. The highest BCUT2D eigenvalue weighted by Gasteiger charge is 2.37. The van der Waals surface area contributed by atoms with Gasteiger partial charge in [0.15, 0.2) is 12.2 Å². The van der Waals surface area contributed by atoms with Crippen LogP contribution in [0.3, 0.4) is 0 Å². The van der Waals surface area contributed by atoms with E-state index in [1.54, 1.807) is 24.3 Å². The second-order valence-corrected chi connectivity index (χ2v) is 9.56. The van der Waals surface area contributed by atoms with Gasteiger partial charge >= 0.3 is 0 Å². The summed E-state index contributed by atoms with van der Waals surface area (Å²) in [5, 5.41) is 22.6. The summed E-state index contributed by atoms with van der Waals surface area (Å²) in [4.78, 5) is 27.4. The maximum atomic E-state index is 13.0. The summed E-state index contributed by atoms with van der Waals surface area (Å²) in [6.07, 6.45) is -1.53. The summed E-state index contributed by atoms with van der Waals surface area (Å²) in [5.74, 6) is 4.84. The van der Waals surface area contributed by atoms with Crippen LogP contribution >= 0.6 is 11.6 Å². The van der Waals surface area contributed by atoms with Gasteiger partial charge in [-0.1, -0.05) is 53.8 Å². The molecular formula is C30H25ClN2O4. The van der Waals surface area contributed by atoms with Crippen molar-refractivity contribution >= 4 is 34.3 Å². The lowest BCUT2D eigenvalue weighted by molar-refractivity contribution is -0.143. The number of benzene rings is 3. The quantitative estimate of drug-likeness (QED) is 0.404. The van der Waals surface area contributed by atoms with Crippen LogP contribution in [-0.2, 0) is 4.79 Å². The number of likely N-dealkylation sites (tertiary alicyclic amines) is 1. The van der Waals surface area contributed by atoms with Gasteiger partial charge < -0.3 is 15.1 Å². The Morgan fingerprint density at radius 1 is 0.865 bits per heavy atom. The minimum absolute atomic E-state index is 0.0790. The number of amides is 1. The summed E-state index contributed by atoms with van der Waals surface area (Å²) in [7, 11) is 0. The van der Waals surface area contributed by atoms with Crippen LogP contribution in [0.2, 0.25) is 5.02 Å². The first kappa shape index (κ1) is 24.8. The van der Waals surface area contributed by atoms with Crippen LogP contribution in [-0.4, -0.2) is 56.8 Å². The third kappa shape index (κ3) is 5.30. The average molecular weight is 513 g/mol. The van der Waals surface area contributed by atoms with E-state index in [9.17, 15) is 19.8 Å². The fraction of sp³-hybridized carbons (Fsp3) is 0.200. The molecule has 3 atom stereocenters. The van der Waals surface area contributed by atoms with Gasteiger partial charge in [-0.25, -0.2) is 0 Å². The van der Waals surface area contributed by atoms with E-state index < -0.39 is 24.0 Å². The SMILES string of the molecule is O=C([C@H](O)[C@@H](O)C(=O)n1ccc2cc(C#Cc3ccccc3)ccc21)N1CCC(c2cccc(Cl)c2)C1. The van der Waals surface area contributed by atoms with Crippen LogP contribution in [0.15, 0.2) is 85.1 Å². The van der Waals surface area contributed by atoms with Crippen LogP contribution < -0.4 is 0 Å². The molecule has 37 heavy (non-hydrogen) atoms. The molecule has 1 aliphatic rings. The zero-order chi connectivity index (χ0) is 25.9. The summed E-state index contributed by atoms with van der Waals surface area (Å²) < 4.78 is 1.25. The molecule has 5 rings (SSSR count). The Morgan fingerprint density at radius 3 is 2.41 bits per heavy atom. The number of carbonyl (C=O) groups is 2. The maximum absolute atomic E-state index is 13.0. The van der Waals surface area contributed by atoms with Gasteiger partial charge in [0.25, 0.3) is 11.8 Å². The van der Waals surface area contributed by atoms with Crippen molar-refractivity contribution in [3.05, 3.63) is 107 Å². The Kier molecular flexibility index (Phi) is 7.11. The van der Waals surface area contributed by atoms with Crippen LogP contribution in [0.1, 0.15) is 33.8 Å². The van der Waals surface area contributed by atoms with Crippen LogP contribution in [0.5, 0.6) is 0 Å². The molecule has 1 unspecified atom stereocenters. The molecule has 0 saturated carbocycles. The largest absolute Gasteiger partial charge is 0.380 e. The second kappa shape index (κ2) is 10.6. The number of carbonyl (C=O) groups excluding carboxylic acids is 2. The van der Waals surface area contributed by atoms with Crippen LogP contribution in [0.4, 0.5) is 0 Å². The minimum atomic E-state index is -1.90. The second-order valence-electron chi connectivity index (χ2n) is 9.13. The Labute approximate surface area is 219 Å². The first-order valence-electron chi connectivity index (χ1n) is 12.0. The number of fused-ring (bicyclic) bond motifs is 1. The average Bonchev–Trinajstić information content (AvgIpc) is 3.58. The molecule has 1 saturated heterocycles. The molecule has 1 aromatic heterocycles. The standard InChI is InChI=1S/C30H25ClN2O4/c31-25-8-4-7-22(18-25)24-13-15-32(19-24)29(36)27(34)28(35)30(37)33-16-14-23-17-21(11-12-26(23)33)10-9-20-5-2-1-3-6-20/h1-8,11-12,14,16-18,24,27-28,34-35H,13,15,19H2/t24?,27-,28-/m1/s1. The van der Waals surface area contributed by atoms with Gasteiger partial charge in [0.05, 0.1) is 5.52 Å². The van der Waals surface area contributed by atoms with Gasteiger partial charge in [-0.15, -0.1) is 0 Å². The van der Waals surface area contributed by atoms with Gasteiger partial charge in [0.2, 0.25) is 0 Å². The summed E-state index contributed by atoms with van der Waals surface area (Å²) >= 11 is 6.09. The molecule has 0 aliphatic carbocycles. The van der Waals surface area contributed by atoms with E-state index in [4.69, 9.17) is 11.6 Å². The Bertz CT molecular complexity index is 1520. The first-order valence-corrected chi connectivity index (χ1v) is 12.4. The lowest BCUT2D eigenvalue weighted by Crippen LogP contribution is -2.48. The van der Waals surface area contributed by atoms with Gasteiger partial charge in [0, 0.05) is 46.7 Å². The zero-order valence-electron chi connectivity index (χ0n) is 19.9. The molecule has 0 bridgehead atoms. The highest BCUT2D eigenvalue weighted by molar-refractivity contribution is 6.30. The van der Waals surface area contributed by atoms with Crippen molar-refractivity contribution in [1.29, 1.82) is 0 Å². The van der Waals surface area contributed by atoms with Gasteiger partial charge in [-0.2, -0.15) is 0 Å². The Morgan fingerprint density at radius 2 is 1.62 bits per heavy atom. The highest BCUT2D eigenvalue weighted by Crippen LogP contribution is 2.29. The van der Waals surface area contributed by atoms with Crippen LogP contribution in [0, 0.1) is 11.8 Å². The summed E-state index contributed by atoms with van der Waals surface area (Å²) in [6, 6.07) is 24.2. The molecule has 2 N–H and O–H groups in total. The maximum Gasteiger partial charge on any atom is 0.263 e. The minimum Gasteiger partial charge on any atom is -0.380 e. The number of aliphatic hydroxyl groups excluding tert-OH is 2. The summed E-state index contributed by atoms with van der Waals surface area (Å²) in [5.41, 5.74) is 3.24. The molecule has 4 aromatic rings. The predicted molar refractivity (Wildman–Crippen MR) is 142 cm³/mol. The molecule has 186 valence electrons. The molecule has 2 heterocycles. The lowest BCUT2D eigenvalue weighted by Gasteiger charge is -2.23. The molecule has 1 fully saturated rings. The molecule has 6 nitrogen and oxygen atoms in total. The number of hydrogen-bond acceptors (Lipinski definition) is 4. The Balaban J connectivity index is 1.27. The number of halogens is 1. The van der Waals surface area contributed by atoms with E-state index in [0.29, 0.717) is 30.0 Å². The van der Waals surface area contributed by atoms with E-state index in [0.717, 1.165) is 22.1 Å². The van der Waals surface area contributed by atoms with Crippen molar-refractivity contribution in [2.45, 2.75) is 24.5 Å². The smallest absolute Gasteiger partial charge is 0.263 e. The van der Waals surface area contributed by atoms with Gasteiger partial charge in [-0.3, -0.25) is 14.2 Å². The molecular weight excluding hydrogens is 488 g/mol. The van der Waals surface area contributed by atoms with E-state index in [2.05, 4.69) is 11.8 Å². The van der Waals surface area contributed by atoms with Crippen LogP contribution in [0.25, 0.3) is 10.9 Å². The van der Waals surface area contributed by atoms with Gasteiger partial charge in [-0.05, 0) is 60.5 Å². The fourth-order valence-electron chi connectivity index (χ4n) is 4.67. The fourth-order valence-corrected chi connectivity index (χ4v) is 4.87. The van der Waals surface area contributed by atoms with Crippen molar-refractivity contribution in [2.24, 2.45) is 0 Å². The molecule has 0 spiro atoms. The number of aliphatic hydroxyl groups is 2. The lowest BCUT2D eigenvalue weighted by atomic mass is 9.99. The third-order valence-corrected chi connectivity index (χ3v) is 6.91. The number of hydrogen-bond donors (Lipinski definition) is 2. The summed E-state index contributed by atoms with van der Waals surface area (Å²) in [6.45, 7) is 0.809. The molecule has 1 aliphatic heterocycles. The van der Waals surface area contributed by atoms with Crippen molar-refractivity contribution in [3.63, 3.8) is 0 Å². The number of rotatable bonds is 4. The van der Waals surface area contributed by atoms with Crippen molar-refractivity contribution in [2.75, 3.05) is 13.1 Å². The normalized spacial score (nSPS) is 16.7. The monoisotopic (exact) mass is 512 g/mol. The molecule has 0 radical (unpaired) electrons. The van der Waals surface area contributed by atoms with E-state index >= 15 is 0 Å². The molecule has 1 amide bonds. The zero-order valence-corrected chi connectivity index (χ0v) is 20.7. The van der Waals surface area contributed by atoms with Crippen molar-refractivity contribution < 1.29 is 19.8 Å². The highest BCUT2D eigenvalue weighted by atomic mass is 35.5. The van der Waals surface area contributed by atoms with E-state index in [-0.39, 0.29) is 5.92 Å². The van der Waals surface area contributed by atoms with Gasteiger partial charge in [0.1, 0.15) is 0 Å².